The molecule has 2 aromatic carbocycles. The van der Waals surface area contributed by atoms with Crippen LogP contribution in [0.3, 0.4) is 0 Å². The number of carbonyl (C=O) groups is 2. The Balaban J connectivity index is 1.84. The highest BCUT2D eigenvalue weighted by molar-refractivity contribution is 8.00. The molecule has 2 rings (SSSR count). The van der Waals surface area contributed by atoms with Gasteiger partial charge < -0.3 is 10.2 Å². The standard InChI is InChI=1S/C22H28N2O2S/c1-22(2,3)17-8-12-19(13-9-17)27-15-20(25)23-18-10-6-16(7-11-18)14-21(26)24(4)5/h6-13H,14-15H2,1-5H3,(H,23,25). The summed E-state index contributed by atoms with van der Waals surface area (Å²) in [6, 6.07) is 15.8. The average Bonchev–Trinajstić information content (AvgIpc) is 2.61. The van der Waals surface area contributed by atoms with E-state index < -0.39 is 0 Å². The van der Waals surface area contributed by atoms with Crippen LogP contribution in [0.5, 0.6) is 0 Å². The van der Waals surface area contributed by atoms with Crippen molar-refractivity contribution in [1.82, 2.24) is 4.90 Å². The summed E-state index contributed by atoms with van der Waals surface area (Å²) in [7, 11) is 3.48. The van der Waals surface area contributed by atoms with Crippen molar-refractivity contribution in [3.63, 3.8) is 0 Å². The van der Waals surface area contributed by atoms with Crippen LogP contribution < -0.4 is 5.32 Å². The van der Waals surface area contributed by atoms with Gasteiger partial charge in [-0.3, -0.25) is 9.59 Å². The molecule has 5 heteroatoms. The highest BCUT2D eigenvalue weighted by Gasteiger charge is 2.13. The maximum absolute atomic E-state index is 12.2. The van der Waals surface area contributed by atoms with E-state index >= 15 is 0 Å². The predicted octanol–water partition coefficient (Wildman–Crippen LogP) is 4.35. The largest absolute Gasteiger partial charge is 0.349 e. The first-order chi connectivity index (χ1) is 12.6. The molecule has 2 aromatic rings. The van der Waals surface area contributed by atoms with Crippen LogP contribution >= 0.6 is 11.8 Å². The molecule has 2 amide bonds. The first-order valence-electron chi connectivity index (χ1n) is 8.97. The normalized spacial score (nSPS) is 11.1. The van der Waals surface area contributed by atoms with E-state index in [0.717, 1.165) is 16.1 Å². The van der Waals surface area contributed by atoms with Crippen molar-refractivity contribution in [3.8, 4) is 0 Å². The maximum Gasteiger partial charge on any atom is 0.234 e. The molecule has 0 saturated heterocycles. The van der Waals surface area contributed by atoms with E-state index in [-0.39, 0.29) is 17.2 Å². The molecule has 0 saturated carbocycles. The van der Waals surface area contributed by atoms with E-state index in [9.17, 15) is 9.59 Å². The quantitative estimate of drug-likeness (QED) is 0.754. The van der Waals surface area contributed by atoms with Gasteiger partial charge in [0.15, 0.2) is 0 Å². The van der Waals surface area contributed by atoms with Crippen molar-refractivity contribution < 1.29 is 9.59 Å². The summed E-state index contributed by atoms with van der Waals surface area (Å²) in [6.45, 7) is 6.55. The van der Waals surface area contributed by atoms with Crippen LogP contribution in [-0.4, -0.2) is 36.6 Å². The number of amides is 2. The Morgan fingerprint density at radius 1 is 0.963 bits per heavy atom. The molecular formula is C22H28N2O2S. The van der Waals surface area contributed by atoms with Crippen LogP contribution in [0.2, 0.25) is 0 Å². The van der Waals surface area contributed by atoms with Crippen LogP contribution in [0.4, 0.5) is 5.69 Å². The Hall–Kier alpha value is -2.27. The number of hydrogen-bond donors (Lipinski definition) is 1. The van der Waals surface area contributed by atoms with Crippen molar-refractivity contribution >= 4 is 29.3 Å². The zero-order valence-corrected chi connectivity index (χ0v) is 17.5. The molecule has 0 aliphatic rings. The van der Waals surface area contributed by atoms with Gasteiger partial charge in [0, 0.05) is 24.7 Å². The van der Waals surface area contributed by atoms with Gasteiger partial charge in [-0.05, 0) is 40.8 Å². The molecule has 0 aliphatic carbocycles. The molecule has 27 heavy (non-hydrogen) atoms. The molecule has 0 radical (unpaired) electrons. The summed E-state index contributed by atoms with van der Waals surface area (Å²) in [5.41, 5.74) is 3.08. The predicted molar refractivity (Wildman–Crippen MR) is 113 cm³/mol. The number of likely N-dealkylation sites (N-methyl/N-ethyl adjacent to an activating group) is 1. The second kappa shape index (κ2) is 9.09. The molecule has 0 unspecified atom stereocenters. The van der Waals surface area contributed by atoms with Crippen LogP contribution in [0.1, 0.15) is 31.9 Å². The minimum Gasteiger partial charge on any atom is -0.349 e. The molecule has 0 heterocycles. The van der Waals surface area contributed by atoms with E-state index in [0.29, 0.717) is 12.2 Å². The van der Waals surface area contributed by atoms with Gasteiger partial charge in [-0.2, -0.15) is 0 Å². The molecule has 0 aromatic heterocycles. The van der Waals surface area contributed by atoms with E-state index in [1.807, 2.05) is 24.3 Å². The molecule has 0 spiro atoms. The van der Waals surface area contributed by atoms with E-state index in [2.05, 4.69) is 50.4 Å². The third-order valence-electron chi connectivity index (χ3n) is 4.18. The second-order valence-corrected chi connectivity index (χ2v) is 8.82. The van der Waals surface area contributed by atoms with Gasteiger partial charge in [0.2, 0.25) is 11.8 Å². The molecule has 144 valence electrons. The number of nitrogens with zero attached hydrogens (tertiary/aromatic N) is 1. The highest BCUT2D eigenvalue weighted by Crippen LogP contribution is 2.25. The summed E-state index contributed by atoms with van der Waals surface area (Å²) >= 11 is 1.52. The summed E-state index contributed by atoms with van der Waals surface area (Å²) in [5.74, 6) is 0.369. The van der Waals surface area contributed by atoms with E-state index in [1.54, 1.807) is 19.0 Å². The van der Waals surface area contributed by atoms with Crippen molar-refractivity contribution in [2.75, 3.05) is 25.2 Å². The zero-order valence-electron chi connectivity index (χ0n) is 16.7. The second-order valence-electron chi connectivity index (χ2n) is 7.77. The lowest BCUT2D eigenvalue weighted by atomic mass is 9.87. The number of hydrogen-bond acceptors (Lipinski definition) is 3. The Morgan fingerprint density at radius 2 is 1.56 bits per heavy atom. The molecule has 0 atom stereocenters. The minimum atomic E-state index is -0.0444. The van der Waals surface area contributed by atoms with Gasteiger partial charge in [0.1, 0.15) is 0 Å². The topological polar surface area (TPSA) is 49.4 Å². The van der Waals surface area contributed by atoms with Gasteiger partial charge in [-0.25, -0.2) is 0 Å². The van der Waals surface area contributed by atoms with E-state index in [1.165, 1.54) is 17.3 Å². The fourth-order valence-electron chi connectivity index (χ4n) is 2.44. The molecule has 4 nitrogen and oxygen atoms in total. The summed E-state index contributed by atoms with van der Waals surface area (Å²) in [5, 5.41) is 2.90. The fraction of sp³-hybridized carbons (Fsp3) is 0.364. The van der Waals surface area contributed by atoms with Crippen molar-refractivity contribution in [2.24, 2.45) is 0 Å². The fourth-order valence-corrected chi connectivity index (χ4v) is 3.13. The van der Waals surface area contributed by atoms with Gasteiger partial charge in [-0.1, -0.05) is 45.0 Å². The molecule has 1 N–H and O–H groups in total. The van der Waals surface area contributed by atoms with Crippen molar-refractivity contribution in [2.45, 2.75) is 37.5 Å². The summed E-state index contributed by atoms with van der Waals surface area (Å²) < 4.78 is 0. The van der Waals surface area contributed by atoms with Crippen LogP contribution in [0.25, 0.3) is 0 Å². The first-order valence-corrected chi connectivity index (χ1v) is 9.96. The number of thioether (sulfide) groups is 1. The van der Waals surface area contributed by atoms with Gasteiger partial charge in [0.05, 0.1) is 12.2 Å². The van der Waals surface area contributed by atoms with Gasteiger partial charge in [-0.15, -0.1) is 11.8 Å². The highest BCUT2D eigenvalue weighted by atomic mass is 32.2. The molecule has 0 fully saturated rings. The number of rotatable bonds is 6. The van der Waals surface area contributed by atoms with Crippen molar-refractivity contribution in [3.05, 3.63) is 59.7 Å². The third-order valence-corrected chi connectivity index (χ3v) is 5.19. The summed E-state index contributed by atoms with van der Waals surface area (Å²) in [6.07, 6.45) is 0.363. The number of carbonyl (C=O) groups excluding carboxylic acids is 2. The first kappa shape index (κ1) is 21.0. The monoisotopic (exact) mass is 384 g/mol. The number of nitrogens with one attached hydrogen (secondary N) is 1. The zero-order chi connectivity index (χ0) is 20.0. The Kier molecular flexibility index (Phi) is 7.08. The molecular weight excluding hydrogens is 356 g/mol. The number of anilines is 1. The lowest BCUT2D eigenvalue weighted by molar-refractivity contribution is -0.128. The average molecular weight is 385 g/mol. The Morgan fingerprint density at radius 3 is 2.07 bits per heavy atom. The SMILES string of the molecule is CN(C)C(=O)Cc1ccc(NC(=O)CSc2ccc(C(C)(C)C)cc2)cc1. The van der Waals surface area contributed by atoms with Crippen LogP contribution in [0.15, 0.2) is 53.4 Å². The smallest absolute Gasteiger partial charge is 0.234 e. The number of benzene rings is 2. The molecule has 0 bridgehead atoms. The Labute approximate surface area is 166 Å². The lowest BCUT2D eigenvalue weighted by Crippen LogP contribution is -2.23. The summed E-state index contributed by atoms with van der Waals surface area (Å²) in [4.78, 5) is 26.5. The lowest BCUT2D eigenvalue weighted by Gasteiger charge is -2.19. The molecule has 0 aliphatic heterocycles. The van der Waals surface area contributed by atoms with E-state index in [4.69, 9.17) is 0 Å². The van der Waals surface area contributed by atoms with Gasteiger partial charge >= 0.3 is 0 Å². The van der Waals surface area contributed by atoms with Crippen LogP contribution in [-0.2, 0) is 21.4 Å². The van der Waals surface area contributed by atoms with Crippen molar-refractivity contribution in [1.29, 1.82) is 0 Å². The van der Waals surface area contributed by atoms with Crippen LogP contribution in [0, 0.1) is 0 Å². The minimum absolute atomic E-state index is 0.0444. The third kappa shape index (κ3) is 6.75. The maximum atomic E-state index is 12.2. The van der Waals surface area contributed by atoms with Gasteiger partial charge in [0.25, 0.3) is 0 Å². The Bertz CT molecular complexity index is 775.